The molecule has 6 heteroatoms. The summed E-state index contributed by atoms with van der Waals surface area (Å²) in [7, 11) is 0. The van der Waals surface area contributed by atoms with Crippen LogP contribution >= 0.6 is 34.5 Å². The van der Waals surface area contributed by atoms with Crippen molar-refractivity contribution in [2.75, 3.05) is 6.54 Å². The van der Waals surface area contributed by atoms with Gasteiger partial charge < -0.3 is 5.32 Å². The van der Waals surface area contributed by atoms with Crippen LogP contribution in [0.25, 0.3) is 0 Å². The number of thiazole rings is 1. The third-order valence-electron chi connectivity index (χ3n) is 3.81. The molecular weight excluding hydrogens is 387 g/mol. The normalized spacial score (nSPS) is 10.7. The first kappa shape index (κ1) is 18.9. The Kier molecular flexibility index (Phi) is 6.67. The van der Waals surface area contributed by atoms with Crippen LogP contribution in [0.2, 0.25) is 10.0 Å². The number of hydrogen-bond acceptors (Lipinski definition) is 3. The Morgan fingerprint density at radius 1 is 1.04 bits per heavy atom. The topological polar surface area (TPSA) is 42.0 Å². The number of rotatable bonds is 7. The summed E-state index contributed by atoms with van der Waals surface area (Å²) in [6.45, 7) is 0.582. The van der Waals surface area contributed by atoms with Crippen LogP contribution in [0.3, 0.4) is 0 Å². The minimum absolute atomic E-state index is 0.0216. The van der Waals surface area contributed by atoms with E-state index in [4.69, 9.17) is 23.2 Å². The molecule has 0 aliphatic carbocycles. The monoisotopic (exact) mass is 404 g/mol. The second-order valence-corrected chi connectivity index (χ2v) is 7.76. The van der Waals surface area contributed by atoms with E-state index in [2.05, 4.69) is 10.3 Å². The lowest BCUT2D eigenvalue weighted by Gasteiger charge is -2.05. The van der Waals surface area contributed by atoms with Crippen LogP contribution in [0.1, 0.15) is 21.8 Å². The number of amides is 1. The van der Waals surface area contributed by atoms with Gasteiger partial charge in [-0.25, -0.2) is 4.98 Å². The quantitative estimate of drug-likeness (QED) is 0.605. The smallest absolute Gasteiger partial charge is 0.226 e. The molecule has 0 aliphatic heterocycles. The molecule has 0 spiro atoms. The fourth-order valence-electron chi connectivity index (χ4n) is 2.60. The second kappa shape index (κ2) is 9.17. The molecule has 2 aromatic carbocycles. The minimum atomic E-state index is -0.0216. The molecule has 0 saturated heterocycles. The van der Waals surface area contributed by atoms with Crippen LogP contribution in [0.4, 0.5) is 0 Å². The van der Waals surface area contributed by atoms with Crippen molar-refractivity contribution < 1.29 is 4.79 Å². The summed E-state index contributed by atoms with van der Waals surface area (Å²) in [6, 6.07) is 15.4. The molecule has 0 bridgehead atoms. The molecular formula is C20H18Cl2N2OS. The van der Waals surface area contributed by atoms with Crippen molar-refractivity contribution in [1.29, 1.82) is 0 Å². The van der Waals surface area contributed by atoms with E-state index in [0.717, 1.165) is 39.7 Å². The first-order valence-corrected chi connectivity index (χ1v) is 9.91. The van der Waals surface area contributed by atoms with Gasteiger partial charge in [-0.15, -0.1) is 11.3 Å². The summed E-state index contributed by atoms with van der Waals surface area (Å²) in [4.78, 5) is 16.6. The van der Waals surface area contributed by atoms with Crippen LogP contribution in [0.5, 0.6) is 0 Å². The van der Waals surface area contributed by atoms with Crippen molar-refractivity contribution >= 4 is 40.4 Å². The maximum atomic E-state index is 12.1. The van der Waals surface area contributed by atoms with Gasteiger partial charge in [0.2, 0.25) is 5.91 Å². The second-order valence-electron chi connectivity index (χ2n) is 5.95. The van der Waals surface area contributed by atoms with Gasteiger partial charge in [-0.3, -0.25) is 4.79 Å². The Hall–Kier alpha value is -1.88. The zero-order valence-corrected chi connectivity index (χ0v) is 16.4. The molecule has 0 atom stereocenters. The highest BCUT2D eigenvalue weighted by molar-refractivity contribution is 7.09. The zero-order chi connectivity index (χ0) is 18.4. The van der Waals surface area contributed by atoms with E-state index in [1.165, 1.54) is 0 Å². The van der Waals surface area contributed by atoms with Gasteiger partial charge >= 0.3 is 0 Å². The number of carbonyl (C=O) groups is 1. The van der Waals surface area contributed by atoms with Crippen molar-refractivity contribution in [3.63, 3.8) is 0 Å². The predicted octanol–water partition coefficient (Wildman–Crippen LogP) is 4.94. The van der Waals surface area contributed by atoms with E-state index >= 15 is 0 Å². The van der Waals surface area contributed by atoms with E-state index in [9.17, 15) is 4.79 Å². The number of aromatic nitrogens is 1. The van der Waals surface area contributed by atoms with Gasteiger partial charge in [0.05, 0.1) is 17.1 Å². The number of hydrogen-bond donors (Lipinski definition) is 1. The van der Waals surface area contributed by atoms with Crippen molar-refractivity contribution in [2.24, 2.45) is 0 Å². The van der Waals surface area contributed by atoms with Gasteiger partial charge in [-0.2, -0.15) is 0 Å². The number of nitrogens with zero attached hydrogens (tertiary/aromatic N) is 1. The third-order valence-corrected chi connectivity index (χ3v) is 5.18. The van der Waals surface area contributed by atoms with Crippen molar-refractivity contribution in [3.8, 4) is 0 Å². The molecule has 0 aliphatic rings. The molecule has 0 unspecified atom stereocenters. The predicted molar refractivity (Wildman–Crippen MR) is 108 cm³/mol. The van der Waals surface area contributed by atoms with Crippen LogP contribution in [0, 0.1) is 0 Å². The highest BCUT2D eigenvalue weighted by Gasteiger charge is 2.08. The lowest BCUT2D eigenvalue weighted by atomic mass is 10.1. The zero-order valence-electron chi connectivity index (χ0n) is 14.0. The molecule has 1 amide bonds. The van der Waals surface area contributed by atoms with E-state index in [1.54, 1.807) is 11.3 Å². The Bertz CT molecular complexity index is 895. The molecule has 1 heterocycles. The first-order valence-electron chi connectivity index (χ1n) is 8.27. The number of nitrogens with one attached hydrogen (secondary N) is 1. The Balaban J connectivity index is 1.46. The summed E-state index contributed by atoms with van der Waals surface area (Å²) in [5.41, 5.74) is 3.02. The summed E-state index contributed by atoms with van der Waals surface area (Å²) >= 11 is 13.5. The van der Waals surface area contributed by atoms with Crippen LogP contribution < -0.4 is 5.32 Å². The Morgan fingerprint density at radius 3 is 2.46 bits per heavy atom. The van der Waals surface area contributed by atoms with Gasteiger partial charge in [0, 0.05) is 28.4 Å². The average molecular weight is 405 g/mol. The lowest BCUT2D eigenvalue weighted by molar-refractivity contribution is -0.120. The summed E-state index contributed by atoms with van der Waals surface area (Å²) in [5.74, 6) is -0.0216. The molecule has 1 N–H and O–H groups in total. The van der Waals surface area contributed by atoms with Crippen LogP contribution in [-0.4, -0.2) is 17.4 Å². The summed E-state index contributed by atoms with van der Waals surface area (Å²) < 4.78 is 0. The van der Waals surface area contributed by atoms with Crippen LogP contribution in [-0.2, 0) is 24.1 Å². The largest absolute Gasteiger partial charge is 0.355 e. The molecule has 0 saturated carbocycles. The van der Waals surface area contributed by atoms with Crippen molar-refractivity contribution in [1.82, 2.24) is 10.3 Å². The minimum Gasteiger partial charge on any atom is -0.355 e. The average Bonchev–Trinajstić information content (AvgIpc) is 3.02. The Labute approximate surface area is 167 Å². The molecule has 0 fully saturated rings. The summed E-state index contributed by atoms with van der Waals surface area (Å²) in [5, 5.41) is 7.28. The van der Waals surface area contributed by atoms with Gasteiger partial charge in [-0.1, -0.05) is 47.5 Å². The fourth-order valence-corrected chi connectivity index (χ4v) is 3.85. The maximum absolute atomic E-state index is 12.1. The number of benzene rings is 2. The highest BCUT2D eigenvalue weighted by Crippen LogP contribution is 2.18. The van der Waals surface area contributed by atoms with Crippen LogP contribution in [0.15, 0.2) is 53.9 Å². The van der Waals surface area contributed by atoms with Gasteiger partial charge in [0.15, 0.2) is 0 Å². The first-order chi connectivity index (χ1) is 12.6. The maximum Gasteiger partial charge on any atom is 0.226 e. The van der Waals surface area contributed by atoms with E-state index in [-0.39, 0.29) is 5.91 Å². The number of halogens is 2. The van der Waals surface area contributed by atoms with E-state index < -0.39 is 0 Å². The van der Waals surface area contributed by atoms with E-state index in [1.807, 2.05) is 53.9 Å². The molecule has 3 aromatic rings. The Morgan fingerprint density at radius 2 is 1.73 bits per heavy atom. The fraction of sp³-hybridized carbons (Fsp3) is 0.200. The van der Waals surface area contributed by atoms with Gasteiger partial charge in [0.1, 0.15) is 0 Å². The molecule has 3 rings (SSSR count). The molecule has 134 valence electrons. The molecule has 1 aromatic heterocycles. The summed E-state index contributed by atoms with van der Waals surface area (Å²) in [6.07, 6.45) is 1.77. The van der Waals surface area contributed by atoms with E-state index in [0.29, 0.717) is 18.0 Å². The third kappa shape index (κ3) is 5.84. The van der Waals surface area contributed by atoms with Crippen molar-refractivity contribution in [2.45, 2.75) is 19.3 Å². The molecule has 26 heavy (non-hydrogen) atoms. The SMILES string of the molecule is O=C(Cc1csc(Cc2cccc(Cl)c2)n1)NCCc1cccc(Cl)c1. The van der Waals surface area contributed by atoms with Gasteiger partial charge in [0.25, 0.3) is 0 Å². The number of carbonyl (C=O) groups excluding carboxylic acids is 1. The highest BCUT2D eigenvalue weighted by atomic mass is 35.5. The molecule has 0 radical (unpaired) electrons. The standard InChI is InChI=1S/C20H18Cl2N2OS/c21-16-5-1-3-14(9-16)7-8-23-19(25)12-18-13-26-20(24-18)11-15-4-2-6-17(22)10-15/h1-6,9-10,13H,7-8,11-12H2,(H,23,25). The molecule has 3 nitrogen and oxygen atoms in total. The lowest BCUT2D eigenvalue weighted by Crippen LogP contribution is -2.27. The van der Waals surface area contributed by atoms with Gasteiger partial charge in [-0.05, 0) is 41.8 Å². The van der Waals surface area contributed by atoms with Crippen molar-refractivity contribution in [3.05, 3.63) is 85.8 Å².